The highest BCUT2D eigenvalue weighted by Crippen LogP contribution is 2.35. The molecule has 3 atom stereocenters. The van der Waals surface area contributed by atoms with Gasteiger partial charge in [-0.1, -0.05) is 5.16 Å². The smallest absolute Gasteiger partial charge is 0.418 e. The molecule has 3 aliphatic rings. The van der Waals surface area contributed by atoms with Gasteiger partial charge in [-0.15, -0.1) is 15.6 Å². The number of aliphatic imine (C=N–C) groups is 1. The molecule has 1 aromatic carbocycles. The summed E-state index contributed by atoms with van der Waals surface area (Å²) in [5.74, 6) is -2.67. The Labute approximate surface area is 272 Å². The number of nitrogen functional groups attached to an aromatic ring is 1. The van der Waals surface area contributed by atoms with Crippen LogP contribution in [0.5, 0.6) is 5.75 Å². The summed E-state index contributed by atoms with van der Waals surface area (Å²) in [6, 6.07) is 4.10. The number of amidine groups is 1. The Morgan fingerprint density at radius 1 is 1.30 bits per heavy atom. The summed E-state index contributed by atoms with van der Waals surface area (Å²) in [4.78, 5) is 52.7. The van der Waals surface area contributed by atoms with Gasteiger partial charge in [-0.05, 0) is 70.2 Å². The summed E-state index contributed by atoms with van der Waals surface area (Å²) in [5, 5.41) is 18.3. The van der Waals surface area contributed by atoms with Gasteiger partial charge in [0.2, 0.25) is 0 Å². The lowest BCUT2D eigenvalue weighted by Gasteiger charge is -2.50. The van der Waals surface area contributed by atoms with Crippen molar-refractivity contribution in [3.8, 4) is 5.75 Å². The maximum absolute atomic E-state index is 13.4. The van der Waals surface area contributed by atoms with Gasteiger partial charge >= 0.3 is 16.4 Å². The Kier molecular flexibility index (Phi) is 8.92. The van der Waals surface area contributed by atoms with Crippen molar-refractivity contribution in [1.29, 1.82) is 0 Å². The molecule has 0 radical (unpaired) electrons. The number of fused-ring (bicyclic) bond motifs is 1. The number of benzene rings is 1. The minimum absolute atomic E-state index is 0.0582. The zero-order valence-corrected chi connectivity index (χ0v) is 27.1. The van der Waals surface area contributed by atoms with Crippen LogP contribution in [0.2, 0.25) is 0 Å². The van der Waals surface area contributed by atoms with Gasteiger partial charge < -0.3 is 37.2 Å². The number of nitrogens with two attached hydrogens (primary N) is 3. The first-order valence-electron chi connectivity index (χ1n) is 14.3. The second-order valence-corrected chi connectivity index (χ2v) is 14.0. The number of anilines is 1. The summed E-state index contributed by atoms with van der Waals surface area (Å²) in [5.41, 5.74) is 15.1. The van der Waals surface area contributed by atoms with Crippen molar-refractivity contribution in [2.45, 2.75) is 81.8 Å². The second kappa shape index (κ2) is 12.3. The molecule has 0 spiro atoms. The van der Waals surface area contributed by atoms with Gasteiger partial charge in [-0.2, -0.15) is 13.5 Å². The predicted octanol–water partition coefficient (Wildman–Crippen LogP) is -0.282. The third kappa shape index (κ3) is 6.86. The van der Waals surface area contributed by atoms with E-state index in [0.717, 1.165) is 29.7 Å². The Morgan fingerprint density at radius 3 is 2.57 bits per heavy atom. The number of carboxylic acids is 1. The molecule has 3 unspecified atom stereocenters. The maximum atomic E-state index is 13.4. The molecule has 3 heterocycles. The first-order valence-corrected chi connectivity index (χ1v) is 16.5. The van der Waals surface area contributed by atoms with E-state index in [9.17, 15) is 27.9 Å². The Balaban J connectivity index is 1.35. The number of hydrogen-bond acceptors (Lipinski definition) is 14. The number of nitrogens with zero attached hydrogens (tertiary/aromatic N) is 4. The van der Waals surface area contributed by atoms with Crippen molar-refractivity contribution in [2.75, 3.05) is 5.73 Å². The summed E-state index contributed by atoms with van der Waals surface area (Å²) in [7, 11) is -5.03. The molecular weight excluding hydrogens is 660 g/mol. The molecule has 18 nitrogen and oxygen atoms in total. The zero-order chi connectivity index (χ0) is 34.5. The molecule has 5 rings (SSSR count). The van der Waals surface area contributed by atoms with E-state index in [0.29, 0.717) is 28.6 Å². The zero-order valence-electron chi connectivity index (χ0n) is 25.4. The van der Waals surface area contributed by atoms with Crippen LogP contribution < -0.4 is 27.3 Å². The lowest BCUT2D eigenvalue weighted by molar-refractivity contribution is -0.218. The number of carbonyl (C=O) groups excluding carboxylic acids is 2. The standard InChI is InChI=1S/C27H34N8O10S2/c1-26(2)20(23(37)35(26)45-47(40,41)42)33-22(36)19(16-11-46-25(30)32-16)34-44-27(3,24(38)39)18-7-5-12-8-13(4-6-17(12)43-18)21(29)31-15-9-14(28)10-15/h4,6,8,11,14-15,18,20H,5,7,9-10,28H2,1-3H3,(H2,29,31)(H2,30,32)(H,33,36)(H,38,39)(H,40,41,42). The van der Waals surface area contributed by atoms with Gasteiger partial charge in [-0.3, -0.25) is 19.1 Å². The maximum Gasteiger partial charge on any atom is 0.418 e. The Morgan fingerprint density at radius 2 is 2.00 bits per heavy atom. The topological polar surface area (TPSA) is 284 Å². The number of rotatable bonds is 11. The number of aliphatic carboxylic acids is 1. The number of carboxylic acid groups (broad SMARTS) is 1. The minimum atomic E-state index is -5.03. The molecule has 2 fully saturated rings. The van der Waals surface area contributed by atoms with E-state index >= 15 is 0 Å². The number of hydrogen-bond donors (Lipinski definition) is 6. The van der Waals surface area contributed by atoms with Crippen LogP contribution in [0, 0.1) is 0 Å². The molecule has 0 bridgehead atoms. The van der Waals surface area contributed by atoms with Crippen LogP contribution >= 0.6 is 11.3 Å². The summed E-state index contributed by atoms with van der Waals surface area (Å²) >= 11 is 0.963. The fourth-order valence-electron chi connectivity index (χ4n) is 5.34. The first-order chi connectivity index (χ1) is 21.9. The van der Waals surface area contributed by atoms with E-state index in [1.54, 1.807) is 12.1 Å². The lowest BCUT2D eigenvalue weighted by Crippen LogP contribution is -2.76. The molecular formula is C27H34N8O10S2. The number of oxime groups is 1. The van der Waals surface area contributed by atoms with E-state index in [4.69, 9.17) is 31.3 Å². The van der Waals surface area contributed by atoms with Crippen LogP contribution in [0.4, 0.5) is 5.13 Å². The number of aromatic nitrogens is 1. The van der Waals surface area contributed by atoms with Crippen molar-refractivity contribution >= 4 is 56.2 Å². The van der Waals surface area contributed by atoms with E-state index in [1.165, 1.54) is 26.2 Å². The fraction of sp³-hybridized carbons (Fsp3) is 0.481. The normalized spacial score (nSPS) is 25.4. The molecule has 47 heavy (non-hydrogen) atoms. The summed E-state index contributed by atoms with van der Waals surface area (Å²) < 4.78 is 41.7. The van der Waals surface area contributed by atoms with Crippen molar-refractivity contribution < 1.29 is 46.3 Å². The molecule has 2 aromatic rings. The third-order valence-corrected chi connectivity index (χ3v) is 9.25. The molecule has 1 aromatic heterocycles. The number of thiazole rings is 1. The average molecular weight is 695 g/mol. The predicted molar refractivity (Wildman–Crippen MR) is 167 cm³/mol. The van der Waals surface area contributed by atoms with Crippen molar-refractivity contribution in [3.63, 3.8) is 0 Å². The quantitative estimate of drug-likeness (QED) is 0.0580. The van der Waals surface area contributed by atoms with Gasteiger partial charge in [0.25, 0.3) is 17.4 Å². The highest BCUT2D eigenvalue weighted by Gasteiger charge is 2.58. The highest BCUT2D eigenvalue weighted by molar-refractivity contribution is 7.80. The largest absolute Gasteiger partial charge is 0.485 e. The summed E-state index contributed by atoms with van der Waals surface area (Å²) in [6.45, 7) is 3.98. The third-order valence-electron chi connectivity index (χ3n) is 8.24. The van der Waals surface area contributed by atoms with Crippen molar-refractivity contribution in [1.82, 2.24) is 15.4 Å². The van der Waals surface area contributed by atoms with Gasteiger partial charge in [0, 0.05) is 17.0 Å². The molecule has 2 amide bonds. The van der Waals surface area contributed by atoms with Gasteiger partial charge in [0.05, 0.1) is 11.6 Å². The Bertz CT molecular complexity index is 1770. The van der Waals surface area contributed by atoms with Crippen molar-refractivity contribution in [3.05, 3.63) is 40.4 Å². The van der Waals surface area contributed by atoms with Crippen molar-refractivity contribution in [2.24, 2.45) is 21.6 Å². The van der Waals surface area contributed by atoms with Crippen LogP contribution in [0.1, 0.15) is 56.9 Å². The van der Waals surface area contributed by atoms with Crippen LogP contribution in [-0.2, 0) is 40.3 Å². The SMILES string of the molecule is CC(ON=C(C(=O)NC1C(=O)N(OS(=O)(=O)O)C1(C)C)c1csc(N)n1)(C(=O)O)C1CCc2cc(C(N)=NC3CC(N)C3)ccc2O1. The van der Waals surface area contributed by atoms with Gasteiger partial charge in [0.15, 0.2) is 16.9 Å². The molecule has 1 saturated heterocycles. The number of aryl methyl sites for hydroxylation is 1. The van der Waals surface area contributed by atoms with Crippen LogP contribution in [0.25, 0.3) is 0 Å². The van der Waals surface area contributed by atoms with E-state index in [1.807, 2.05) is 6.07 Å². The molecule has 254 valence electrons. The lowest BCUT2D eigenvalue weighted by atomic mass is 9.84. The first kappa shape index (κ1) is 34.0. The number of ether oxygens (including phenoxy) is 1. The number of nitrogens with one attached hydrogen (secondary N) is 1. The summed E-state index contributed by atoms with van der Waals surface area (Å²) in [6.07, 6.45) is 1.08. The van der Waals surface area contributed by atoms with Crippen LogP contribution in [0.15, 0.2) is 33.7 Å². The van der Waals surface area contributed by atoms with E-state index < -0.39 is 57.2 Å². The number of carbonyl (C=O) groups is 3. The van der Waals surface area contributed by atoms with Crippen LogP contribution in [-0.4, -0.2) is 92.8 Å². The van der Waals surface area contributed by atoms with E-state index in [-0.39, 0.29) is 29.3 Å². The molecule has 2 aliphatic heterocycles. The monoisotopic (exact) mass is 694 g/mol. The fourth-order valence-corrected chi connectivity index (χ4v) is 6.34. The number of hydroxylamine groups is 2. The van der Waals surface area contributed by atoms with Gasteiger partial charge in [0.1, 0.15) is 23.3 Å². The molecule has 1 saturated carbocycles. The number of β-lactam (4-membered cyclic amide) rings is 1. The molecule has 1 aliphatic carbocycles. The van der Waals surface area contributed by atoms with Gasteiger partial charge in [-0.25, -0.2) is 9.78 Å². The highest BCUT2D eigenvalue weighted by atomic mass is 32.3. The number of amides is 2. The minimum Gasteiger partial charge on any atom is -0.485 e. The average Bonchev–Trinajstić information content (AvgIpc) is 3.42. The second-order valence-electron chi connectivity index (χ2n) is 12.1. The molecule has 20 heteroatoms. The van der Waals surface area contributed by atoms with E-state index in [2.05, 4.69) is 24.7 Å². The Hall–Kier alpha value is -4.37. The molecule has 9 N–H and O–H groups in total. The van der Waals surface area contributed by atoms with Crippen LogP contribution in [0.3, 0.4) is 0 Å².